The van der Waals surface area contributed by atoms with Gasteiger partial charge in [0, 0.05) is 18.3 Å². The molecule has 1 aliphatic rings. The minimum Gasteiger partial charge on any atom is -0.323 e. The predicted octanol–water partition coefficient (Wildman–Crippen LogP) is 2.13. The summed E-state index contributed by atoms with van der Waals surface area (Å²) in [6.07, 6.45) is 2.96. The second-order valence-electron chi connectivity index (χ2n) is 4.28. The van der Waals surface area contributed by atoms with Crippen LogP contribution in [0.25, 0.3) is 0 Å². The van der Waals surface area contributed by atoms with Crippen molar-refractivity contribution in [2.24, 2.45) is 0 Å². The van der Waals surface area contributed by atoms with Crippen LogP contribution >= 0.6 is 0 Å². The molecule has 18 heavy (non-hydrogen) atoms. The van der Waals surface area contributed by atoms with E-state index in [0.29, 0.717) is 12.2 Å². The highest BCUT2D eigenvalue weighted by Crippen LogP contribution is 2.25. The van der Waals surface area contributed by atoms with Gasteiger partial charge in [-0.05, 0) is 12.1 Å². The minimum absolute atomic E-state index is 0.225. The van der Waals surface area contributed by atoms with Gasteiger partial charge in [0.2, 0.25) is 5.91 Å². The SMILES string of the molecule is O=C(/C=C/CN1CC(F)(F)C1)Nc1ccccc1. The third-order valence-electron chi connectivity index (χ3n) is 2.58. The zero-order valence-electron chi connectivity index (χ0n) is 9.77. The smallest absolute Gasteiger partial charge is 0.272 e. The Bertz CT molecular complexity index is 438. The number of nitrogens with zero attached hydrogens (tertiary/aromatic N) is 1. The molecule has 1 saturated heterocycles. The molecule has 0 saturated carbocycles. The van der Waals surface area contributed by atoms with E-state index in [1.807, 2.05) is 18.2 Å². The average Bonchev–Trinajstić information content (AvgIpc) is 2.27. The van der Waals surface area contributed by atoms with E-state index in [4.69, 9.17) is 0 Å². The summed E-state index contributed by atoms with van der Waals surface area (Å²) in [5.41, 5.74) is 0.711. The molecule has 0 unspecified atom stereocenters. The zero-order valence-corrected chi connectivity index (χ0v) is 9.77. The van der Waals surface area contributed by atoms with Gasteiger partial charge in [-0.1, -0.05) is 24.3 Å². The molecule has 1 heterocycles. The standard InChI is InChI=1S/C13H14F2N2O/c14-13(15)9-17(10-13)8-4-7-12(18)16-11-5-2-1-3-6-11/h1-7H,8-10H2,(H,16,18)/b7-4+. The maximum Gasteiger partial charge on any atom is 0.272 e. The summed E-state index contributed by atoms with van der Waals surface area (Å²) in [6.45, 7) is -0.0763. The van der Waals surface area contributed by atoms with Crippen LogP contribution in [0.4, 0.5) is 14.5 Å². The number of hydrogen-bond donors (Lipinski definition) is 1. The van der Waals surface area contributed by atoms with Crippen molar-refractivity contribution in [3.8, 4) is 0 Å². The number of likely N-dealkylation sites (tertiary alicyclic amines) is 1. The monoisotopic (exact) mass is 252 g/mol. The first-order valence-corrected chi connectivity index (χ1v) is 5.68. The molecule has 1 amide bonds. The molecular formula is C13H14F2N2O. The van der Waals surface area contributed by atoms with E-state index >= 15 is 0 Å². The molecule has 0 aliphatic carbocycles. The van der Waals surface area contributed by atoms with Gasteiger partial charge in [0.05, 0.1) is 13.1 Å². The second kappa shape index (κ2) is 5.27. The summed E-state index contributed by atoms with van der Waals surface area (Å²) in [6, 6.07) is 9.06. The summed E-state index contributed by atoms with van der Waals surface area (Å²) in [5.74, 6) is -2.81. The van der Waals surface area contributed by atoms with Crippen LogP contribution in [-0.2, 0) is 4.79 Å². The fraction of sp³-hybridized carbons (Fsp3) is 0.308. The van der Waals surface area contributed by atoms with Crippen molar-refractivity contribution >= 4 is 11.6 Å². The molecule has 1 aromatic rings. The number of para-hydroxylation sites is 1. The first-order valence-electron chi connectivity index (χ1n) is 5.68. The molecule has 0 bridgehead atoms. The van der Waals surface area contributed by atoms with Gasteiger partial charge in [0.25, 0.3) is 5.92 Å². The summed E-state index contributed by atoms with van der Waals surface area (Å²) < 4.78 is 25.0. The van der Waals surface area contributed by atoms with Gasteiger partial charge in [-0.25, -0.2) is 8.78 Å². The predicted molar refractivity (Wildman–Crippen MR) is 65.6 cm³/mol. The van der Waals surface area contributed by atoms with E-state index < -0.39 is 5.92 Å². The molecule has 0 radical (unpaired) electrons. The van der Waals surface area contributed by atoms with E-state index in [-0.39, 0.29) is 19.0 Å². The highest BCUT2D eigenvalue weighted by Gasteiger charge is 2.42. The number of carbonyl (C=O) groups excluding carboxylic acids is 1. The lowest BCUT2D eigenvalue weighted by Crippen LogP contribution is -2.55. The molecule has 1 aromatic carbocycles. The van der Waals surface area contributed by atoms with Crippen LogP contribution in [0, 0.1) is 0 Å². The Hall–Kier alpha value is -1.75. The summed E-state index contributed by atoms with van der Waals surface area (Å²) in [5, 5.41) is 2.68. The lowest BCUT2D eigenvalue weighted by Gasteiger charge is -2.37. The number of benzene rings is 1. The topological polar surface area (TPSA) is 32.3 Å². The van der Waals surface area contributed by atoms with Crippen LogP contribution in [0.2, 0.25) is 0 Å². The second-order valence-corrected chi connectivity index (χ2v) is 4.28. The van der Waals surface area contributed by atoms with Crippen molar-refractivity contribution in [3.63, 3.8) is 0 Å². The van der Waals surface area contributed by atoms with Crippen LogP contribution in [0.5, 0.6) is 0 Å². The lowest BCUT2D eigenvalue weighted by atomic mass is 10.1. The number of amides is 1. The Kier molecular flexibility index (Phi) is 3.72. The van der Waals surface area contributed by atoms with Crippen molar-refractivity contribution in [1.82, 2.24) is 4.90 Å². The van der Waals surface area contributed by atoms with Gasteiger partial charge in [-0.3, -0.25) is 9.69 Å². The summed E-state index contributed by atoms with van der Waals surface area (Å²) in [4.78, 5) is 13.0. The van der Waals surface area contributed by atoms with E-state index in [1.165, 1.54) is 6.08 Å². The molecule has 2 rings (SSSR count). The molecule has 5 heteroatoms. The number of carbonyl (C=O) groups is 1. The number of hydrogen-bond acceptors (Lipinski definition) is 2. The van der Waals surface area contributed by atoms with Crippen molar-refractivity contribution < 1.29 is 13.6 Å². The van der Waals surface area contributed by atoms with E-state index in [0.717, 1.165) is 0 Å². The Morgan fingerprint density at radius 3 is 2.61 bits per heavy atom. The number of rotatable bonds is 4. The molecule has 96 valence electrons. The van der Waals surface area contributed by atoms with Gasteiger partial charge in [-0.2, -0.15) is 0 Å². The fourth-order valence-electron chi connectivity index (χ4n) is 1.75. The lowest BCUT2D eigenvalue weighted by molar-refractivity contribution is -0.125. The van der Waals surface area contributed by atoms with Crippen molar-refractivity contribution in [3.05, 3.63) is 42.5 Å². The van der Waals surface area contributed by atoms with Crippen LogP contribution in [0.15, 0.2) is 42.5 Å². The molecule has 1 N–H and O–H groups in total. The Labute approximate surface area is 104 Å². The van der Waals surface area contributed by atoms with Gasteiger partial charge in [0.15, 0.2) is 0 Å². The number of anilines is 1. The molecular weight excluding hydrogens is 238 g/mol. The van der Waals surface area contributed by atoms with Crippen molar-refractivity contribution in [1.29, 1.82) is 0 Å². The number of nitrogens with one attached hydrogen (secondary N) is 1. The molecule has 3 nitrogen and oxygen atoms in total. The minimum atomic E-state index is -2.56. The van der Waals surface area contributed by atoms with Gasteiger partial charge in [-0.15, -0.1) is 0 Å². The van der Waals surface area contributed by atoms with Crippen LogP contribution < -0.4 is 5.32 Å². The Morgan fingerprint density at radius 2 is 2.00 bits per heavy atom. The number of halogens is 2. The van der Waals surface area contributed by atoms with Crippen LogP contribution in [-0.4, -0.2) is 36.4 Å². The van der Waals surface area contributed by atoms with E-state index in [2.05, 4.69) is 5.32 Å². The Morgan fingerprint density at radius 1 is 1.33 bits per heavy atom. The third-order valence-corrected chi connectivity index (χ3v) is 2.58. The van der Waals surface area contributed by atoms with Crippen LogP contribution in [0.1, 0.15) is 0 Å². The van der Waals surface area contributed by atoms with Gasteiger partial charge in [0.1, 0.15) is 0 Å². The van der Waals surface area contributed by atoms with Gasteiger partial charge < -0.3 is 5.32 Å². The maximum absolute atomic E-state index is 12.5. The average molecular weight is 252 g/mol. The highest BCUT2D eigenvalue weighted by atomic mass is 19.3. The molecule has 1 aliphatic heterocycles. The molecule has 0 atom stereocenters. The summed E-state index contributed by atoms with van der Waals surface area (Å²) in [7, 11) is 0. The first-order chi connectivity index (χ1) is 8.55. The highest BCUT2D eigenvalue weighted by molar-refractivity contribution is 5.99. The van der Waals surface area contributed by atoms with Gasteiger partial charge >= 0.3 is 0 Å². The summed E-state index contributed by atoms with van der Waals surface area (Å²) >= 11 is 0. The molecule has 0 spiro atoms. The maximum atomic E-state index is 12.5. The van der Waals surface area contributed by atoms with E-state index in [1.54, 1.807) is 23.1 Å². The molecule has 0 aromatic heterocycles. The first kappa shape index (κ1) is 12.7. The Balaban J connectivity index is 1.72. The fourth-order valence-corrected chi connectivity index (χ4v) is 1.75. The molecule has 1 fully saturated rings. The largest absolute Gasteiger partial charge is 0.323 e. The zero-order chi connectivity index (χ0) is 13.0. The van der Waals surface area contributed by atoms with Crippen molar-refractivity contribution in [2.75, 3.05) is 25.0 Å². The normalized spacial score (nSPS) is 18.6. The van der Waals surface area contributed by atoms with Crippen molar-refractivity contribution in [2.45, 2.75) is 5.92 Å². The third kappa shape index (κ3) is 3.63. The number of alkyl halides is 2. The quantitative estimate of drug-likeness (QED) is 0.833. The van der Waals surface area contributed by atoms with Crippen LogP contribution in [0.3, 0.4) is 0 Å². The van der Waals surface area contributed by atoms with E-state index in [9.17, 15) is 13.6 Å².